The zero-order valence-corrected chi connectivity index (χ0v) is 13.6. The van der Waals surface area contributed by atoms with Crippen molar-refractivity contribution < 1.29 is 19.7 Å². The van der Waals surface area contributed by atoms with Crippen LogP contribution in [0.1, 0.15) is 29.2 Å². The highest BCUT2D eigenvalue weighted by Gasteiger charge is 2.18. The molecule has 0 spiro atoms. The Morgan fingerprint density at radius 2 is 1.92 bits per heavy atom. The molecule has 2 atom stereocenters. The van der Waals surface area contributed by atoms with Crippen molar-refractivity contribution >= 4 is 6.09 Å². The number of rotatable bonds is 7. The van der Waals surface area contributed by atoms with Crippen LogP contribution in [-0.2, 0) is 11.3 Å². The first-order valence-corrected chi connectivity index (χ1v) is 7.91. The van der Waals surface area contributed by atoms with Crippen LogP contribution in [0.25, 0.3) is 0 Å². The summed E-state index contributed by atoms with van der Waals surface area (Å²) in [5.74, 6) is 0. The van der Waals surface area contributed by atoms with E-state index >= 15 is 0 Å². The molecule has 0 saturated heterocycles. The number of hydrogen-bond donors (Lipinski definition) is 3. The quantitative estimate of drug-likeness (QED) is 0.717. The fourth-order valence-electron chi connectivity index (χ4n) is 2.27. The summed E-state index contributed by atoms with van der Waals surface area (Å²) in [6, 6.07) is 17.7. The molecule has 2 aromatic rings. The lowest BCUT2D eigenvalue weighted by Gasteiger charge is -2.18. The van der Waals surface area contributed by atoms with E-state index in [2.05, 4.69) is 5.32 Å². The molecule has 6 heteroatoms. The number of nitrogens with one attached hydrogen (secondary N) is 1. The van der Waals surface area contributed by atoms with Crippen molar-refractivity contribution in [1.82, 2.24) is 5.32 Å². The van der Waals surface area contributed by atoms with Gasteiger partial charge in [0.05, 0.1) is 17.7 Å². The van der Waals surface area contributed by atoms with Crippen molar-refractivity contribution in [2.24, 2.45) is 0 Å². The van der Waals surface area contributed by atoms with E-state index in [1.165, 1.54) is 6.07 Å². The molecule has 130 valence electrons. The second-order valence-electron chi connectivity index (χ2n) is 5.53. The van der Waals surface area contributed by atoms with E-state index in [1.54, 1.807) is 18.2 Å². The molecule has 1 amide bonds. The van der Waals surface area contributed by atoms with E-state index in [0.29, 0.717) is 11.1 Å². The summed E-state index contributed by atoms with van der Waals surface area (Å²) in [5.41, 5.74) is 1.75. The minimum Gasteiger partial charge on any atom is -0.445 e. The smallest absolute Gasteiger partial charge is 0.407 e. The Bertz CT molecular complexity index is 728. The van der Waals surface area contributed by atoms with Gasteiger partial charge in [-0.25, -0.2) is 4.79 Å². The Hall–Kier alpha value is -2.88. The molecule has 2 rings (SSSR count). The van der Waals surface area contributed by atoms with Gasteiger partial charge in [0.15, 0.2) is 0 Å². The van der Waals surface area contributed by atoms with Gasteiger partial charge in [0, 0.05) is 6.54 Å². The Balaban J connectivity index is 1.73. The maximum atomic E-state index is 11.6. The van der Waals surface area contributed by atoms with Gasteiger partial charge in [-0.2, -0.15) is 5.26 Å². The van der Waals surface area contributed by atoms with E-state index in [9.17, 15) is 15.0 Å². The van der Waals surface area contributed by atoms with Gasteiger partial charge in [-0.3, -0.25) is 0 Å². The highest BCUT2D eigenvalue weighted by Crippen LogP contribution is 2.19. The molecule has 0 saturated carbocycles. The van der Waals surface area contributed by atoms with Crippen LogP contribution in [0.5, 0.6) is 0 Å². The van der Waals surface area contributed by atoms with E-state index in [4.69, 9.17) is 10.00 Å². The monoisotopic (exact) mass is 340 g/mol. The molecule has 0 heterocycles. The summed E-state index contributed by atoms with van der Waals surface area (Å²) in [5, 5.41) is 31.5. The van der Waals surface area contributed by atoms with Crippen molar-refractivity contribution in [3.8, 4) is 6.07 Å². The fourth-order valence-corrected chi connectivity index (χ4v) is 2.27. The Morgan fingerprint density at radius 3 is 2.64 bits per heavy atom. The third-order valence-electron chi connectivity index (χ3n) is 3.64. The minimum atomic E-state index is -1.13. The molecule has 25 heavy (non-hydrogen) atoms. The number of carbonyl (C=O) groups excluding carboxylic acids is 1. The van der Waals surface area contributed by atoms with Gasteiger partial charge >= 0.3 is 6.09 Å². The molecule has 2 aromatic carbocycles. The number of nitrogens with zero attached hydrogens (tertiary/aromatic N) is 1. The van der Waals surface area contributed by atoms with Gasteiger partial charge in [-0.1, -0.05) is 42.5 Å². The number of hydrogen-bond acceptors (Lipinski definition) is 5. The topological polar surface area (TPSA) is 103 Å². The average Bonchev–Trinajstić information content (AvgIpc) is 2.66. The Kier molecular flexibility index (Phi) is 6.96. The van der Waals surface area contributed by atoms with Gasteiger partial charge in [-0.05, 0) is 29.7 Å². The summed E-state index contributed by atoms with van der Waals surface area (Å²) < 4.78 is 5.06. The van der Waals surface area contributed by atoms with Crippen molar-refractivity contribution in [2.75, 3.05) is 6.54 Å². The number of carbonyl (C=O) groups is 1. The molecule has 0 aromatic heterocycles. The van der Waals surface area contributed by atoms with Crippen molar-refractivity contribution in [3.63, 3.8) is 0 Å². The zero-order chi connectivity index (χ0) is 18.1. The lowest BCUT2D eigenvalue weighted by Crippen LogP contribution is -2.29. The van der Waals surface area contributed by atoms with Gasteiger partial charge < -0.3 is 20.3 Å². The van der Waals surface area contributed by atoms with Crippen LogP contribution < -0.4 is 5.32 Å². The largest absolute Gasteiger partial charge is 0.445 e. The Morgan fingerprint density at radius 1 is 1.16 bits per heavy atom. The van der Waals surface area contributed by atoms with Gasteiger partial charge in [0.1, 0.15) is 12.7 Å². The highest BCUT2D eigenvalue weighted by atomic mass is 16.5. The molecule has 0 bridgehead atoms. The molecule has 0 fully saturated rings. The summed E-state index contributed by atoms with van der Waals surface area (Å²) in [4.78, 5) is 11.6. The van der Waals surface area contributed by atoms with E-state index in [1.807, 2.05) is 36.4 Å². The molecule has 3 N–H and O–H groups in total. The molecule has 2 unspecified atom stereocenters. The van der Waals surface area contributed by atoms with Crippen molar-refractivity contribution in [3.05, 3.63) is 71.3 Å². The van der Waals surface area contributed by atoms with Crippen LogP contribution in [0.3, 0.4) is 0 Å². The molecule has 0 aliphatic carbocycles. The summed E-state index contributed by atoms with van der Waals surface area (Å²) >= 11 is 0. The van der Waals surface area contributed by atoms with Gasteiger partial charge in [0.25, 0.3) is 0 Å². The van der Waals surface area contributed by atoms with E-state index in [0.717, 1.165) is 5.56 Å². The number of aliphatic hydroxyl groups is 2. The third-order valence-corrected chi connectivity index (χ3v) is 3.64. The van der Waals surface area contributed by atoms with Crippen molar-refractivity contribution in [1.29, 1.82) is 5.26 Å². The molecular weight excluding hydrogens is 320 g/mol. The third kappa shape index (κ3) is 5.92. The summed E-state index contributed by atoms with van der Waals surface area (Å²) in [6.45, 7) is 0.322. The van der Waals surface area contributed by atoms with Crippen LogP contribution in [0, 0.1) is 11.3 Å². The van der Waals surface area contributed by atoms with Crippen LogP contribution in [0.2, 0.25) is 0 Å². The van der Waals surface area contributed by atoms with Crippen LogP contribution in [0.4, 0.5) is 4.79 Å². The second kappa shape index (κ2) is 9.42. The van der Waals surface area contributed by atoms with E-state index in [-0.39, 0.29) is 19.6 Å². The number of amides is 1. The Labute approximate surface area is 146 Å². The molecular formula is C19H20N2O4. The first-order valence-electron chi connectivity index (χ1n) is 7.91. The highest BCUT2D eigenvalue weighted by molar-refractivity contribution is 5.67. The molecule has 0 radical (unpaired) electrons. The molecule has 6 nitrogen and oxygen atoms in total. The first-order chi connectivity index (χ1) is 12.1. The SMILES string of the molecule is N#Cc1cccc(C(O)C(O)CCNC(=O)OCc2ccccc2)c1. The average molecular weight is 340 g/mol. The summed E-state index contributed by atoms with van der Waals surface area (Å²) in [6.07, 6.45) is -2.63. The predicted molar refractivity (Wildman–Crippen MR) is 91.4 cm³/mol. The van der Waals surface area contributed by atoms with Gasteiger partial charge in [0.2, 0.25) is 0 Å². The van der Waals surface area contributed by atoms with Gasteiger partial charge in [-0.15, -0.1) is 0 Å². The second-order valence-corrected chi connectivity index (χ2v) is 5.53. The van der Waals surface area contributed by atoms with Crippen molar-refractivity contribution in [2.45, 2.75) is 25.2 Å². The number of alkyl carbamates (subject to hydrolysis) is 1. The molecule has 0 aliphatic heterocycles. The standard InChI is InChI=1S/C19H20N2O4/c20-12-15-7-4-8-16(11-15)18(23)17(22)9-10-21-19(24)25-13-14-5-2-1-3-6-14/h1-8,11,17-18,22-23H,9-10,13H2,(H,21,24). The maximum absolute atomic E-state index is 11.6. The number of ether oxygens (including phenoxy) is 1. The summed E-state index contributed by atoms with van der Waals surface area (Å²) in [7, 11) is 0. The first kappa shape index (κ1) is 18.5. The van der Waals surface area contributed by atoms with E-state index < -0.39 is 18.3 Å². The normalized spacial score (nSPS) is 12.7. The lowest BCUT2D eigenvalue weighted by molar-refractivity contribution is 0.0136. The number of aliphatic hydroxyl groups excluding tert-OH is 2. The fraction of sp³-hybridized carbons (Fsp3) is 0.263. The molecule has 0 aliphatic rings. The van der Waals surface area contributed by atoms with Crippen LogP contribution >= 0.6 is 0 Å². The minimum absolute atomic E-state index is 0.151. The number of nitriles is 1. The lowest BCUT2D eigenvalue weighted by atomic mass is 10.0. The maximum Gasteiger partial charge on any atom is 0.407 e. The van der Waals surface area contributed by atoms with Crippen LogP contribution in [0.15, 0.2) is 54.6 Å². The number of benzene rings is 2. The zero-order valence-electron chi connectivity index (χ0n) is 13.6. The predicted octanol–water partition coefficient (Wildman–Crippen LogP) is 2.27. The van der Waals surface area contributed by atoms with Crippen LogP contribution in [-0.4, -0.2) is 29.0 Å².